The lowest BCUT2D eigenvalue weighted by Crippen LogP contribution is -2.36. The summed E-state index contributed by atoms with van der Waals surface area (Å²) in [5.41, 5.74) is 3.09. The fraction of sp³-hybridized carbons (Fsp3) is 0.350. The number of nitrogens with zero attached hydrogens (tertiary/aromatic N) is 1. The Morgan fingerprint density at radius 3 is 2.88 bits per heavy atom. The molecule has 6 heteroatoms. The maximum atomic E-state index is 12.3. The average Bonchev–Trinajstić information content (AvgIpc) is 3.09. The number of likely N-dealkylation sites (N-methyl/N-ethyl adjacent to an activating group) is 1. The van der Waals surface area contributed by atoms with E-state index in [9.17, 15) is 4.79 Å². The summed E-state index contributed by atoms with van der Waals surface area (Å²) in [6.07, 6.45) is 0.938. The Hall–Kier alpha value is -2.73. The maximum Gasteiger partial charge on any atom is 0.319 e. The van der Waals surface area contributed by atoms with Gasteiger partial charge in [-0.2, -0.15) is 0 Å². The molecule has 26 heavy (non-hydrogen) atoms. The van der Waals surface area contributed by atoms with Crippen LogP contribution in [0.4, 0.5) is 10.5 Å². The van der Waals surface area contributed by atoms with E-state index in [1.54, 1.807) is 13.2 Å². The second-order valence-electron chi connectivity index (χ2n) is 6.51. The molecule has 0 spiro atoms. The molecule has 1 heterocycles. The number of methoxy groups -OCH3 is 1. The van der Waals surface area contributed by atoms with Gasteiger partial charge in [0.2, 0.25) is 0 Å². The number of amides is 2. The zero-order valence-electron chi connectivity index (χ0n) is 15.4. The summed E-state index contributed by atoms with van der Waals surface area (Å²) in [6, 6.07) is 13.4. The fourth-order valence-electron chi connectivity index (χ4n) is 3.08. The highest BCUT2D eigenvalue weighted by Crippen LogP contribution is 2.29. The first-order valence-electron chi connectivity index (χ1n) is 8.68. The third-order valence-electron chi connectivity index (χ3n) is 4.51. The predicted octanol–water partition coefficient (Wildman–Crippen LogP) is 3.05. The first-order valence-corrected chi connectivity index (χ1v) is 8.68. The van der Waals surface area contributed by atoms with Crippen molar-refractivity contribution in [1.82, 2.24) is 10.2 Å². The molecule has 1 aliphatic heterocycles. The minimum atomic E-state index is -0.241. The Morgan fingerprint density at radius 1 is 1.27 bits per heavy atom. The lowest BCUT2D eigenvalue weighted by molar-refractivity contribution is 0.243. The van der Waals surface area contributed by atoms with Crippen LogP contribution in [-0.2, 0) is 6.42 Å². The lowest BCUT2D eigenvalue weighted by Gasteiger charge is -2.25. The van der Waals surface area contributed by atoms with Gasteiger partial charge >= 0.3 is 6.03 Å². The summed E-state index contributed by atoms with van der Waals surface area (Å²) >= 11 is 0. The van der Waals surface area contributed by atoms with Crippen LogP contribution in [0.3, 0.4) is 0 Å². The Labute approximate surface area is 154 Å². The van der Waals surface area contributed by atoms with E-state index in [0.717, 1.165) is 18.8 Å². The molecule has 2 N–H and O–H groups in total. The zero-order chi connectivity index (χ0) is 18.5. The van der Waals surface area contributed by atoms with Gasteiger partial charge in [0, 0.05) is 24.7 Å². The fourth-order valence-corrected chi connectivity index (χ4v) is 3.08. The van der Waals surface area contributed by atoms with Crippen molar-refractivity contribution >= 4 is 11.7 Å². The van der Waals surface area contributed by atoms with Crippen molar-refractivity contribution in [2.75, 3.05) is 39.7 Å². The normalized spacial score (nSPS) is 13.7. The molecule has 0 aromatic heterocycles. The van der Waals surface area contributed by atoms with Crippen molar-refractivity contribution in [3.63, 3.8) is 0 Å². The minimum Gasteiger partial charge on any atom is -0.497 e. The monoisotopic (exact) mass is 355 g/mol. The van der Waals surface area contributed by atoms with Gasteiger partial charge in [0.15, 0.2) is 0 Å². The second kappa shape index (κ2) is 8.10. The smallest absolute Gasteiger partial charge is 0.319 e. The summed E-state index contributed by atoms with van der Waals surface area (Å²) in [4.78, 5) is 14.4. The number of carbonyl (C=O) groups excluding carboxylic acids is 1. The third kappa shape index (κ3) is 4.26. The number of nitrogens with one attached hydrogen (secondary N) is 2. The highest BCUT2D eigenvalue weighted by atomic mass is 16.5. The van der Waals surface area contributed by atoms with Crippen LogP contribution in [0.5, 0.6) is 11.5 Å². The van der Waals surface area contributed by atoms with E-state index >= 15 is 0 Å². The molecule has 3 rings (SSSR count). The standard InChI is InChI=1S/C20H25N3O3/c1-23(2)18(14-7-8-19-15(11-14)9-10-26-19)13-21-20(24)22-16-5-4-6-17(12-16)25-3/h4-8,11-12,18H,9-10,13H2,1-3H3,(H2,21,22,24). The maximum absolute atomic E-state index is 12.3. The Morgan fingerprint density at radius 2 is 2.12 bits per heavy atom. The van der Waals surface area contributed by atoms with Crippen LogP contribution in [0, 0.1) is 0 Å². The van der Waals surface area contributed by atoms with E-state index in [0.29, 0.717) is 18.0 Å². The first kappa shape index (κ1) is 18.1. The summed E-state index contributed by atoms with van der Waals surface area (Å²) in [5.74, 6) is 1.67. The topological polar surface area (TPSA) is 62.8 Å². The highest BCUT2D eigenvalue weighted by Gasteiger charge is 2.19. The number of urea groups is 1. The molecule has 2 amide bonds. The third-order valence-corrected chi connectivity index (χ3v) is 4.51. The molecule has 6 nitrogen and oxygen atoms in total. The van der Waals surface area contributed by atoms with Crippen molar-refractivity contribution in [3.8, 4) is 11.5 Å². The summed E-state index contributed by atoms with van der Waals surface area (Å²) < 4.78 is 10.7. The van der Waals surface area contributed by atoms with Crippen LogP contribution in [0.2, 0.25) is 0 Å². The lowest BCUT2D eigenvalue weighted by atomic mass is 10.0. The number of ether oxygens (including phenoxy) is 2. The Balaban J connectivity index is 1.62. The van der Waals surface area contributed by atoms with Crippen molar-refractivity contribution in [3.05, 3.63) is 53.6 Å². The number of rotatable bonds is 6. The number of benzene rings is 2. The molecule has 0 radical (unpaired) electrons. The van der Waals surface area contributed by atoms with Gasteiger partial charge in [-0.15, -0.1) is 0 Å². The molecule has 2 aromatic rings. The molecular weight excluding hydrogens is 330 g/mol. The molecule has 1 aliphatic rings. The van der Waals surface area contributed by atoms with Crippen molar-refractivity contribution in [2.45, 2.75) is 12.5 Å². The van der Waals surface area contributed by atoms with E-state index in [1.807, 2.05) is 38.4 Å². The number of carbonyl (C=O) groups is 1. The van der Waals surface area contributed by atoms with Gasteiger partial charge in [0.05, 0.1) is 19.8 Å². The van der Waals surface area contributed by atoms with Crippen LogP contribution in [0.25, 0.3) is 0 Å². The van der Waals surface area contributed by atoms with Crippen molar-refractivity contribution in [2.24, 2.45) is 0 Å². The predicted molar refractivity (Wildman–Crippen MR) is 102 cm³/mol. The molecule has 1 atom stereocenters. The molecule has 0 aliphatic carbocycles. The molecule has 2 aromatic carbocycles. The van der Waals surface area contributed by atoms with Crippen LogP contribution in [0.1, 0.15) is 17.2 Å². The van der Waals surface area contributed by atoms with Crippen LogP contribution in [0.15, 0.2) is 42.5 Å². The van der Waals surface area contributed by atoms with E-state index in [4.69, 9.17) is 9.47 Å². The minimum absolute atomic E-state index is 0.0805. The Kier molecular flexibility index (Phi) is 5.63. The number of hydrogen-bond acceptors (Lipinski definition) is 4. The van der Waals surface area contributed by atoms with E-state index in [-0.39, 0.29) is 12.1 Å². The number of fused-ring (bicyclic) bond motifs is 1. The zero-order valence-corrected chi connectivity index (χ0v) is 15.4. The van der Waals surface area contributed by atoms with Crippen LogP contribution < -0.4 is 20.1 Å². The second-order valence-corrected chi connectivity index (χ2v) is 6.51. The van der Waals surface area contributed by atoms with Crippen LogP contribution in [-0.4, -0.2) is 45.3 Å². The van der Waals surface area contributed by atoms with Gasteiger partial charge in [-0.05, 0) is 43.4 Å². The molecular formula is C20H25N3O3. The number of anilines is 1. The molecule has 0 saturated carbocycles. The average molecular weight is 355 g/mol. The summed E-state index contributed by atoms with van der Waals surface area (Å²) in [7, 11) is 5.62. The Bertz CT molecular complexity index is 777. The van der Waals surface area contributed by atoms with Gasteiger partial charge < -0.3 is 25.0 Å². The van der Waals surface area contributed by atoms with E-state index in [2.05, 4.69) is 27.7 Å². The quantitative estimate of drug-likeness (QED) is 0.836. The number of hydrogen-bond donors (Lipinski definition) is 2. The van der Waals surface area contributed by atoms with Gasteiger partial charge in [0.25, 0.3) is 0 Å². The van der Waals surface area contributed by atoms with Gasteiger partial charge in [-0.1, -0.05) is 18.2 Å². The summed E-state index contributed by atoms with van der Waals surface area (Å²) in [5, 5.41) is 5.79. The van der Waals surface area contributed by atoms with Crippen LogP contribution >= 0.6 is 0 Å². The van der Waals surface area contributed by atoms with Gasteiger partial charge in [0.1, 0.15) is 11.5 Å². The van der Waals surface area contributed by atoms with E-state index < -0.39 is 0 Å². The molecule has 0 saturated heterocycles. The van der Waals surface area contributed by atoms with Crippen molar-refractivity contribution in [1.29, 1.82) is 0 Å². The van der Waals surface area contributed by atoms with Crippen molar-refractivity contribution < 1.29 is 14.3 Å². The SMILES string of the molecule is COc1cccc(NC(=O)NCC(c2ccc3c(c2)CCO3)N(C)C)c1. The molecule has 138 valence electrons. The summed E-state index contributed by atoms with van der Waals surface area (Å²) in [6.45, 7) is 1.25. The largest absolute Gasteiger partial charge is 0.497 e. The van der Waals surface area contributed by atoms with E-state index in [1.165, 1.54) is 11.1 Å². The van der Waals surface area contributed by atoms with Gasteiger partial charge in [-0.3, -0.25) is 0 Å². The first-order chi connectivity index (χ1) is 12.6. The highest BCUT2D eigenvalue weighted by molar-refractivity contribution is 5.89. The molecule has 0 fully saturated rings. The molecule has 0 bridgehead atoms. The molecule has 1 unspecified atom stereocenters. The van der Waals surface area contributed by atoms with Gasteiger partial charge in [-0.25, -0.2) is 4.79 Å².